The molecule has 0 radical (unpaired) electrons. The molecule has 0 amide bonds. The van der Waals surface area contributed by atoms with Gasteiger partial charge in [-0.1, -0.05) is 25.5 Å². The summed E-state index contributed by atoms with van der Waals surface area (Å²) in [6.07, 6.45) is 3.00. The topological polar surface area (TPSA) is 89.3 Å². The Labute approximate surface area is 140 Å². The number of carbonyl (C=O) groups is 1. The Kier molecular flexibility index (Phi) is 4.50. The zero-order valence-electron chi connectivity index (χ0n) is 13.7. The molecular weight excluding hydrogens is 308 g/mol. The number of anilines is 1. The minimum atomic E-state index is -0.489. The third-order valence-electron chi connectivity index (χ3n) is 3.86. The number of esters is 1. The Morgan fingerprint density at radius 2 is 2.25 bits per heavy atom. The van der Waals surface area contributed by atoms with Gasteiger partial charge in [0.05, 0.1) is 12.2 Å². The lowest BCUT2D eigenvalue weighted by Gasteiger charge is -2.29. The van der Waals surface area contributed by atoms with Crippen molar-refractivity contribution in [2.24, 2.45) is 0 Å². The second-order valence-electron chi connectivity index (χ2n) is 5.51. The number of hydrogen-bond acceptors (Lipinski definition) is 6. The normalized spacial score (nSPS) is 16.5. The lowest BCUT2D eigenvalue weighted by Crippen LogP contribution is -2.30. The summed E-state index contributed by atoms with van der Waals surface area (Å²) < 4.78 is 6.91. The highest BCUT2D eigenvalue weighted by Crippen LogP contribution is 2.37. The van der Waals surface area contributed by atoms with Crippen molar-refractivity contribution in [2.75, 3.05) is 11.9 Å². The van der Waals surface area contributed by atoms with Crippen LogP contribution in [0.1, 0.15) is 38.3 Å². The number of fused-ring (bicyclic) bond motifs is 1. The SMILES string of the molecule is CCCC1=C(C(=O)OCC)C(c2cccc(O)c2)n2ncnc2N1. The van der Waals surface area contributed by atoms with Crippen LogP contribution >= 0.6 is 0 Å². The predicted molar refractivity (Wildman–Crippen MR) is 88.5 cm³/mol. The van der Waals surface area contributed by atoms with Gasteiger partial charge in [0.15, 0.2) is 0 Å². The van der Waals surface area contributed by atoms with Crippen LogP contribution in [0.5, 0.6) is 5.75 Å². The summed E-state index contributed by atoms with van der Waals surface area (Å²) in [6.45, 7) is 4.11. The van der Waals surface area contributed by atoms with Gasteiger partial charge in [0.2, 0.25) is 5.95 Å². The lowest BCUT2D eigenvalue weighted by molar-refractivity contribution is -0.139. The van der Waals surface area contributed by atoms with Crippen molar-refractivity contribution in [3.63, 3.8) is 0 Å². The van der Waals surface area contributed by atoms with Crippen LogP contribution < -0.4 is 5.32 Å². The van der Waals surface area contributed by atoms with Crippen molar-refractivity contribution in [2.45, 2.75) is 32.7 Å². The Balaban J connectivity index is 2.17. The van der Waals surface area contributed by atoms with Gasteiger partial charge < -0.3 is 15.2 Å². The van der Waals surface area contributed by atoms with E-state index in [2.05, 4.69) is 15.4 Å². The van der Waals surface area contributed by atoms with E-state index in [0.717, 1.165) is 17.7 Å². The van der Waals surface area contributed by atoms with Crippen molar-refractivity contribution >= 4 is 11.9 Å². The molecule has 0 spiro atoms. The average molecular weight is 328 g/mol. The number of aromatic hydroxyl groups is 1. The van der Waals surface area contributed by atoms with Gasteiger partial charge in [-0.3, -0.25) is 0 Å². The molecule has 0 aliphatic carbocycles. The molecule has 2 aromatic rings. The molecule has 1 aromatic heterocycles. The summed E-state index contributed by atoms with van der Waals surface area (Å²) >= 11 is 0. The first kappa shape index (κ1) is 16.0. The largest absolute Gasteiger partial charge is 0.508 e. The third-order valence-corrected chi connectivity index (χ3v) is 3.86. The van der Waals surface area contributed by atoms with Gasteiger partial charge >= 0.3 is 5.97 Å². The lowest BCUT2D eigenvalue weighted by atomic mass is 9.94. The van der Waals surface area contributed by atoms with Crippen LogP contribution in [0.2, 0.25) is 0 Å². The molecule has 7 heteroatoms. The minimum absolute atomic E-state index is 0.132. The molecule has 1 aliphatic rings. The van der Waals surface area contributed by atoms with E-state index in [9.17, 15) is 9.90 Å². The number of ether oxygens (including phenoxy) is 1. The summed E-state index contributed by atoms with van der Waals surface area (Å²) in [5.74, 6) is 0.315. The molecule has 126 valence electrons. The van der Waals surface area contributed by atoms with Gasteiger partial charge in [0, 0.05) is 5.70 Å². The number of phenolic OH excluding ortho intramolecular Hbond substituents is 1. The Morgan fingerprint density at radius 3 is 2.96 bits per heavy atom. The molecule has 3 rings (SSSR count). The molecule has 0 saturated heterocycles. The number of allylic oxidation sites excluding steroid dienone is 1. The molecule has 1 aromatic carbocycles. The van der Waals surface area contributed by atoms with Crippen molar-refractivity contribution < 1.29 is 14.6 Å². The smallest absolute Gasteiger partial charge is 0.338 e. The Morgan fingerprint density at radius 1 is 1.42 bits per heavy atom. The quantitative estimate of drug-likeness (QED) is 0.820. The first-order valence-electron chi connectivity index (χ1n) is 8.01. The molecule has 24 heavy (non-hydrogen) atoms. The average Bonchev–Trinajstić information content (AvgIpc) is 3.02. The van der Waals surface area contributed by atoms with Crippen LogP contribution in [0.3, 0.4) is 0 Å². The van der Waals surface area contributed by atoms with Gasteiger partial charge in [0.25, 0.3) is 0 Å². The third kappa shape index (κ3) is 2.84. The Hall–Kier alpha value is -2.83. The molecule has 0 bridgehead atoms. The number of phenols is 1. The number of aromatic nitrogens is 3. The maximum atomic E-state index is 12.6. The maximum Gasteiger partial charge on any atom is 0.338 e. The van der Waals surface area contributed by atoms with Crippen LogP contribution in [0.25, 0.3) is 0 Å². The van der Waals surface area contributed by atoms with Crippen LogP contribution in [0.4, 0.5) is 5.95 Å². The van der Waals surface area contributed by atoms with Gasteiger partial charge in [0.1, 0.15) is 18.1 Å². The van der Waals surface area contributed by atoms with E-state index in [0.29, 0.717) is 24.5 Å². The highest BCUT2D eigenvalue weighted by molar-refractivity contribution is 5.92. The van der Waals surface area contributed by atoms with Gasteiger partial charge in [-0.15, -0.1) is 0 Å². The van der Waals surface area contributed by atoms with Crippen molar-refractivity contribution in [3.05, 3.63) is 47.4 Å². The fourth-order valence-electron chi connectivity index (χ4n) is 2.91. The molecule has 1 atom stereocenters. The summed E-state index contributed by atoms with van der Waals surface area (Å²) in [6, 6.07) is 6.32. The van der Waals surface area contributed by atoms with E-state index < -0.39 is 6.04 Å². The van der Waals surface area contributed by atoms with E-state index in [-0.39, 0.29) is 11.7 Å². The zero-order chi connectivity index (χ0) is 17.1. The fourth-order valence-corrected chi connectivity index (χ4v) is 2.91. The maximum absolute atomic E-state index is 12.6. The second kappa shape index (κ2) is 6.74. The molecule has 2 heterocycles. The molecule has 2 N–H and O–H groups in total. The molecule has 7 nitrogen and oxygen atoms in total. The molecule has 1 unspecified atom stereocenters. The predicted octanol–water partition coefficient (Wildman–Crippen LogP) is 2.62. The zero-order valence-corrected chi connectivity index (χ0v) is 13.7. The number of hydrogen-bond donors (Lipinski definition) is 2. The highest BCUT2D eigenvalue weighted by atomic mass is 16.5. The first-order chi connectivity index (χ1) is 11.7. The van der Waals surface area contributed by atoms with Gasteiger partial charge in [-0.2, -0.15) is 10.1 Å². The van der Waals surface area contributed by atoms with Crippen LogP contribution in [0.15, 0.2) is 41.9 Å². The van der Waals surface area contributed by atoms with E-state index >= 15 is 0 Å². The minimum Gasteiger partial charge on any atom is -0.508 e. The number of benzene rings is 1. The fraction of sp³-hybridized carbons (Fsp3) is 0.353. The van der Waals surface area contributed by atoms with Crippen molar-refractivity contribution in [1.29, 1.82) is 0 Å². The van der Waals surface area contributed by atoms with E-state index in [1.54, 1.807) is 29.8 Å². The summed E-state index contributed by atoms with van der Waals surface area (Å²) in [5, 5.41) is 17.3. The number of nitrogens with one attached hydrogen (secondary N) is 1. The number of nitrogens with zero attached hydrogens (tertiary/aromatic N) is 3. The van der Waals surface area contributed by atoms with E-state index in [4.69, 9.17) is 4.74 Å². The molecule has 1 aliphatic heterocycles. The van der Waals surface area contributed by atoms with Crippen LogP contribution in [-0.2, 0) is 9.53 Å². The monoisotopic (exact) mass is 328 g/mol. The summed E-state index contributed by atoms with van der Waals surface area (Å²) in [5.41, 5.74) is 2.03. The first-order valence-corrected chi connectivity index (χ1v) is 8.01. The molecular formula is C17H20N4O3. The molecule has 0 saturated carbocycles. The Bertz CT molecular complexity index is 782. The van der Waals surface area contributed by atoms with E-state index in [1.165, 1.54) is 6.33 Å². The standard InChI is InChI=1S/C17H20N4O3/c1-3-6-13-14(16(23)24-4-2)15(11-7-5-8-12(22)9-11)21-17(20-13)18-10-19-21/h5,7-10,15,22H,3-4,6H2,1-2H3,(H,18,19,20). The van der Waals surface area contributed by atoms with Crippen LogP contribution in [0, 0.1) is 0 Å². The van der Waals surface area contributed by atoms with Gasteiger partial charge in [-0.25, -0.2) is 9.48 Å². The van der Waals surface area contributed by atoms with Crippen LogP contribution in [-0.4, -0.2) is 32.4 Å². The summed E-state index contributed by atoms with van der Waals surface area (Å²) in [4.78, 5) is 16.9. The van der Waals surface area contributed by atoms with Crippen molar-refractivity contribution in [3.8, 4) is 5.75 Å². The van der Waals surface area contributed by atoms with E-state index in [1.807, 2.05) is 13.0 Å². The summed E-state index contributed by atoms with van der Waals surface area (Å²) in [7, 11) is 0. The molecule has 0 fully saturated rings. The second-order valence-corrected chi connectivity index (χ2v) is 5.51. The highest BCUT2D eigenvalue weighted by Gasteiger charge is 2.35. The van der Waals surface area contributed by atoms with Gasteiger partial charge in [-0.05, 0) is 31.0 Å². The number of rotatable bonds is 5. The van der Waals surface area contributed by atoms with Crippen molar-refractivity contribution in [1.82, 2.24) is 14.8 Å². The number of carbonyl (C=O) groups excluding carboxylic acids is 1.